The van der Waals surface area contributed by atoms with Crippen LogP contribution in [0.4, 0.5) is 5.69 Å². The molecule has 0 aliphatic rings. The third kappa shape index (κ3) is 4.13. The molecule has 1 N–H and O–H groups in total. The largest absolute Gasteiger partial charge is 0.493 e. The number of hydrogen-bond donors (Lipinski definition) is 1. The second-order valence-corrected chi connectivity index (χ2v) is 6.29. The maximum Gasteiger partial charge on any atom is 0.232 e. The van der Waals surface area contributed by atoms with Crippen LogP contribution in [0.2, 0.25) is 0 Å². The number of para-hydroxylation sites is 2. The van der Waals surface area contributed by atoms with E-state index in [0.717, 1.165) is 0 Å². The van der Waals surface area contributed by atoms with Crippen LogP contribution >= 0.6 is 0 Å². The van der Waals surface area contributed by atoms with Crippen LogP contribution < -0.4 is 14.2 Å². The molecule has 5 nitrogen and oxygen atoms in total. The topological polar surface area (TPSA) is 64.6 Å². The molecule has 0 aliphatic heterocycles. The van der Waals surface area contributed by atoms with E-state index >= 15 is 0 Å². The Labute approximate surface area is 124 Å². The fourth-order valence-corrected chi connectivity index (χ4v) is 2.31. The van der Waals surface area contributed by atoms with Gasteiger partial charge in [0.25, 0.3) is 0 Å². The molecule has 0 saturated carbocycles. The molecular weight excluding hydrogens is 290 g/mol. The third-order valence-corrected chi connectivity index (χ3v) is 4.11. The summed E-state index contributed by atoms with van der Waals surface area (Å²) in [4.78, 5) is 0. The van der Waals surface area contributed by atoms with Gasteiger partial charge in [0.15, 0.2) is 11.5 Å². The summed E-state index contributed by atoms with van der Waals surface area (Å²) in [6, 6.07) is 14.0. The van der Waals surface area contributed by atoms with Gasteiger partial charge in [0.05, 0.1) is 12.9 Å². The molecule has 0 heterocycles. The van der Waals surface area contributed by atoms with Gasteiger partial charge in [0, 0.05) is 5.69 Å². The minimum absolute atomic E-state index is 0.0342. The summed E-state index contributed by atoms with van der Waals surface area (Å²) in [5, 5.41) is 0. The first-order chi connectivity index (χ1) is 10.0. The van der Waals surface area contributed by atoms with E-state index in [1.54, 1.807) is 50.4 Å². The van der Waals surface area contributed by atoms with Crippen LogP contribution in [-0.4, -0.2) is 21.3 Å². The molecule has 6 heteroatoms. The zero-order chi connectivity index (χ0) is 15.3. The molecule has 0 aromatic heterocycles. The zero-order valence-electron chi connectivity index (χ0n) is 11.9. The van der Waals surface area contributed by atoms with Crippen molar-refractivity contribution in [3.8, 4) is 17.2 Å². The number of sulfonamides is 1. The van der Waals surface area contributed by atoms with Gasteiger partial charge < -0.3 is 9.47 Å². The van der Waals surface area contributed by atoms with Crippen LogP contribution in [0.25, 0.3) is 0 Å². The lowest BCUT2D eigenvalue weighted by atomic mass is 10.3. The van der Waals surface area contributed by atoms with E-state index in [1.165, 1.54) is 0 Å². The van der Waals surface area contributed by atoms with Crippen molar-refractivity contribution in [2.75, 3.05) is 17.6 Å². The Morgan fingerprint density at radius 2 is 1.62 bits per heavy atom. The first-order valence-electron chi connectivity index (χ1n) is 6.45. The first-order valence-corrected chi connectivity index (χ1v) is 8.10. The SMILES string of the molecule is CCS(=O)(=O)Nc1ccc(Oc2ccccc2OC)cc1. The maximum atomic E-state index is 11.5. The minimum atomic E-state index is -3.27. The maximum absolute atomic E-state index is 11.5. The van der Waals surface area contributed by atoms with Gasteiger partial charge in [-0.1, -0.05) is 12.1 Å². The highest BCUT2D eigenvalue weighted by Gasteiger charge is 2.07. The molecular formula is C15H17NO4S. The summed E-state index contributed by atoms with van der Waals surface area (Å²) < 4.78 is 36.3. The van der Waals surface area contributed by atoms with Gasteiger partial charge in [0.1, 0.15) is 5.75 Å². The van der Waals surface area contributed by atoms with Crippen LogP contribution in [0.15, 0.2) is 48.5 Å². The van der Waals surface area contributed by atoms with Crippen molar-refractivity contribution in [3.05, 3.63) is 48.5 Å². The predicted molar refractivity (Wildman–Crippen MR) is 82.6 cm³/mol. The lowest BCUT2D eigenvalue weighted by Gasteiger charge is -2.11. The van der Waals surface area contributed by atoms with E-state index < -0.39 is 10.0 Å². The summed E-state index contributed by atoms with van der Waals surface area (Å²) in [6.07, 6.45) is 0. The highest BCUT2D eigenvalue weighted by atomic mass is 32.2. The average molecular weight is 307 g/mol. The number of rotatable bonds is 6. The summed E-state index contributed by atoms with van der Waals surface area (Å²) >= 11 is 0. The Hall–Kier alpha value is -2.21. The molecule has 0 bridgehead atoms. The molecule has 0 radical (unpaired) electrons. The Morgan fingerprint density at radius 1 is 1.00 bits per heavy atom. The van der Waals surface area contributed by atoms with E-state index in [4.69, 9.17) is 9.47 Å². The lowest BCUT2D eigenvalue weighted by Crippen LogP contribution is -2.14. The van der Waals surface area contributed by atoms with Gasteiger partial charge in [0.2, 0.25) is 10.0 Å². The Kier molecular flexibility index (Phi) is 4.70. The van der Waals surface area contributed by atoms with Gasteiger partial charge in [-0.15, -0.1) is 0 Å². The molecule has 112 valence electrons. The normalized spacial score (nSPS) is 11.0. The third-order valence-electron chi connectivity index (χ3n) is 2.80. The number of methoxy groups -OCH3 is 1. The lowest BCUT2D eigenvalue weighted by molar-refractivity contribution is 0.379. The van der Waals surface area contributed by atoms with Crippen LogP contribution in [0.5, 0.6) is 17.2 Å². The second-order valence-electron chi connectivity index (χ2n) is 4.28. The van der Waals surface area contributed by atoms with Crippen molar-refractivity contribution in [2.45, 2.75) is 6.92 Å². The molecule has 0 spiro atoms. The molecule has 0 saturated heterocycles. The van der Waals surface area contributed by atoms with Crippen molar-refractivity contribution in [1.29, 1.82) is 0 Å². The fourth-order valence-electron chi connectivity index (χ4n) is 1.67. The Balaban J connectivity index is 2.13. The van der Waals surface area contributed by atoms with E-state index in [-0.39, 0.29) is 5.75 Å². The van der Waals surface area contributed by atoms with Crippen LogP contribution in [0, 0.1) is 0 Å². The summed E-state index contributed by atoms with van der Waals surface area (Å²) in [5.74, 6) is 1.86. The number of nitrogens with one attached hydrogen (secondary N) is 1. The molecule has 21 heavy (non-hydrogen) atoms. The van der Waals surface area contributed by atoms with E-state index in [2.05, 4.69) is 4.72 Å². The highest BCUT2D eigenvalue weighted by Crippen LogP contribution is 2.31. The Morgan fingerprint density at radius 3 is 2.19 bits per heavy atom. The molecule has 2 aromatic carbocycles. The van der Waals surface area contributed by atoms with Gasteiger partial charge in [-0.25, -0.2) is 8.42 Å². The smallest absolute Gasteiger partial charge is 0.232 e. The molecule has 0 atom stereocenters. The van der Waals surface area contributed by atoms with E-state index in [1.807, 2.05) is 12.1 Å². The molecule has 2 aromatic rings. The molecule has 0 unspecified atom stereocenters. The quantitative estimate of drug-likeness (QED) is 0.889. The average Bonchev–Trinajstić information content (AvgIpc) is 2.49. The summed E-state index contributed by atoms with van der Waals surface area (Å²) in [7, 11) is -1.69. The fraction of sp³-hybridized carbons (Fsp3) is 0.200. The van der Waals surface area contributed by atoms with E-state index in [0.29, 0.717) is 22.9 Å². The van der Waals surface area contributed by atoms with Crippen molar-refractivity contribution < 1.29 is 17.9 Å². The molecule has 0 aliphatic carbocycles. The van der Waals surface area contributed by atoms with Gasteiger partial charge >= 0.3 is 0 Å². The number of ether oxygens (including phenoxy) is 2. The zero-order valence-corrected chi connectivity index (χ0v) is 12.7. The summed E-state index contributed by atoms with van der Waals surface area (Å²) in [6.45, 7) is 1.58. The molecule has 0 fully saturated rings. The van der Waals surface area contributed by atoms with Gasteiger partial charge in [-0.05, 0) is 43.3 Å². The number of anilines is 1. The van der Waals surface area contributed by atoms with Crippen LogP contribution in [-0.2, 0) is 10.0 Å². The molecule has 0 amide bonds. The first kappa shape index (κ1) is 15.2. The Bertz CT molecular complexity index is 696. The van der Waals surface area contributed by atoms with Crippen molar-refractivity contribution in [1.82, 2.24) is 0 Å². The highest BCUT2D eigenvalue weighted by molar-refractivity contribution is 7.92. The minimum Gasteiger partial charge on any atom is -0.493 e. The van der Waals surface area contributed by atoms with Crippen LogP contribution in [0.1, 0.15) is 6.92 Å². The van der Waals surface area contributed by atoms with E-state index in [9.17, 15) is 8.42 Å². The standard InChI is InChI=1S/C15H17NO4S/c1-3-21(17,18)16-12-8-10-13(11-9-12)20-15-7-5-4-6-14(15)19-2/h4-11,16H,3H2,1-2H3. The number of benzene rings is 2. The van der Waals surface area contributed by atoms with Gasteiger partial charge in [-0.2, -0.15) is 0 Å². The molecule has 2 rings (SSSR count). The van der Waals surface area contributed by atoms with Crippen molar-refractivity contribution in [3.63, 3.8) is 0 Å². The van der Waals surface area contributed by atoms with Crippen LogP contribution in [0.3, 0.4) is 0 Å². The van der Waals surface area contributed by atoms with Crippen molar-refractivity contribution in [2.24, 2.45) is 0 Å². The van der Waals surface area contributed by atoms with Gasteiger partial charge in [-0.3, -0.25) is 4.72 Å². The summed E-state index contributed by atoms with van der Waals surface area (Å²) in [5.41, 5.74) is 0.504. The monoisotopic (exact) mass is 307 g/mol. The number of hydrogen-bond acceptors (Lipinski definition) is 4. The predicted octanol–water partition coefficient (Wildman–Crippen LogP) is 3.25. The van der Waals surface area contributed by atoms with Crippen molar-refractivity contribution >= 4 is 15.7 Å². The second kappa shape index (κ2) is 6.49.